The number of nitrogens with zero attached hydrogens (tertiary/aromatic N) is 2. The molecule has 6 nitrogen and oxygen atoms in total. The number of carbonyl (C=O) groups excluding carboxylic acids is 1. The zero-order chi connectivity index (χ0) is 19.7. The van der Waals surface area contributed by atoms with E-state index in [0.717, 1.165) is 26.9 Å². The Labute approximate surface area is 166 Å². The molecule has 1 aromatic heterocycles. The maximum Gasteiger partial charge on any atom is 0.307 e. The number of nitrogens with one attached hydrogen (secondary N) is 1. The molecule has 27 heavy (non-hydrogen) atoms. The van der Waals surface area contributed by atoms with Gasteiger partial charge in [-0.1, -0.05) is 23.3 Å². The summed E-state index contributed by atoms with van der Waals surface area (Å²) in [4.78, 5) is 24.5. The van der Waals surface area contributed by atoms with Crippen molar-refractivity contribution in [2.45, 2.75) is 26.7 Å². The molecule has 0 aliphatic heterocycles. The van der Waals surface area contributed by atoms with Crippen LogP contribution in [-0.4, -0.2) is 26.8 Å². The third kappa shape index (κ3) is 4.13. The molecule has 3 rings (SSSR count). The minimum absolute atomic E-state index is 0.258. The number of aliphatic carboxylic acids is 1. The third-order valence-electron chi connectivity index (χ3n) is 5.11. The fourth-order valence-corrected chi connectivity index (χ4v) is 4.07. The zero-order valence-electron chi connectivity index (χ0n) is 15.5. The molecule has 0 unspecified atom stereocenters. The number of anilines is 1. The molecule has 0 spiro atoms. The first-order valence-electron chi connectivity index (χ1n) is 8.74. The molecular weight excluding hydrogens is 410 g/mol. The van der Waals surface area contributed by atoms with E-state index in [4.69, 9.17) is 0 Å². The maximum absolute atomic E-state index is 12.8. The third-order valence-corrected chi connectivity index (χ3v) is 5.69. The van der Waals surface area contributed by atoms with E-state index in [-0.39, 0.29) is 5.91 Å². The number of carboxylic acids is 1. The maximum atomic E-state index is 12.8. The molecule has 7 heteroatoms. The van der Waals surface area contributed by atoms with Crippen LogP contribution in [0.1, 0.15) is 26.7 Å². The highest BCUT2D eigenvalue weighted by atomic mass is 79.9. The van der Waals surface area contributed by atoms with E-state index >= 15 is 0 Å². The Morgan fingerprint density at radius 2 is 1.89 bits per heavy atom. The summed E-state index contributed by atoms with van der Waals surface area (Å²) in [6.45, 7) is 3.90. The first-order valence-corrected chi connectivity index (χ1v) is 9.54. The Morgan fingerprint density at radius 3 is 2.48 bits per heavy atom. The van der Waals surface area contributed by atoms with Gasteiger partial charge in [0.05, 0.1) is 16.3 Å². The summed E-state index contributed by atoms with van der Waals surface area (Å²) in [6, 6.07) is 7.40. The molecule has 1 aliphatic rings. The largest absolute Gasteiger partial charge is 0.481 e. The molecule has 1 aliphatic carbocycles. The van der Waals surface area contributed by atoms with E-state index in [1.54, 1.807) is 10.7 Å². The van der Waals surface area contributed by atoms with Crippen LogP contribution in [0.25, 0.3) is 11.3 Å². The molecule has 0 saturated carbocycles. The van der Waals surface area contributed by atoms with Crippen molar-refractivity contribution in [3.05, 3.63) is 46.1 Å². The summed E-state index contributed by atoms with van der Waals surface area (Å²) in [5, 5.41) is 16.8. The predicted molar refractivity (Wildman–Crippen MR) is 107 cm³/mol. The average molecular weight is 432 g/mol. The van der Waals surface area contributed by atoms with Crippen molar-refractivity contribution in [3.63, 3.8) is 0 Å². The van der Waals surface area contributed by atoms with Crippen LogP contribution in [0.3, 0.4) is 0 Å². The van der Waals surface area contributed by atoms with Gasteiger partial charge in [-0.3, -0.25) is 14.3 Å². The number of carbonyl (C=O) groups is 2. The van der Waals surface area contributed by atoms with Crippen molar-refractivity contribution >= 4 is 33.5 Å². The average Bonchev–Trinajstić information content (AvgIpc) is 2.95. The molecule has 2 N–H and O–H groups in total. The number of benzene rings is 1. The van der Waals surface area contributed by atoms with Crippen molar-refractivity contribution in [2.75, 3.05) is 5.32 Å². The number of amides is 1. The summed E-state index contributed by atoms with van der Waals surface area (Å²) in [7, 11) is 1.84. The van der Waals surface area contributed by atoms with Crippen LogP contribution >= 0.6 is 15.9 Å². The van der Waals surface area contributed by atoms with Gasteiger partial charge in [-0.25, -0.2) is 0 Å². The van der Waals surface area contributed by atoms with Crippen molar-refractivity contribution in [1.29, 1.82) is 0 Å². The number of hydrogen-bond acceptors (Lipinski definition) is 3. The van der Waals surface area contributed by atoms with Gasteiger partial charge in [0.2, 0.25) is 5.91 Å². The normalized spacial score (nSPS) is 19.9. The minimum atomic E-state index is -0.923. The Kier molecular flexibility index (Phi) is 5.51. The highest BCUT2D eigenvalue weighted by Crippen LogP contribution is 2.35. The van der Waals surface area contributed by atoms with Crippen LogP contribution in [0.2, 0.25) is 0 Å². The van der Waals surface area contributed by atoms with Gasteiger partial charge in [0, 0.05) is 24.5 Å². The lowest BCUT2D eigenvalue weighted by molar-refractivity contribution is -0.146. The molecule has 0 saturated heterocycles. The lowest BCUT2D eigenvalue weighted by Gasteiger charge is -2.29. The Morgan fingerprint density at radius 1 is 1.22 bits per heavy atom. The number of aryl methyl sites for hydroxylation is 1. The van der Waals surface area contributed by atoms with Gasteiger partial charge in [-0.2, -0.15) is 5.10 Å². The van der Waals surface area contributed by atoms with Crippen LogP contribution in [0.4, 0.5) is 5.69 Å². The van der Waals surface area contributed by atoms with Gasteiger partial charge < -0.3 is 10.4 Å². The lowest BCUT2D eigenvalue weighted by Crippen LogP contribution is -2.36. The molecule has 2 aromatic rings. The van der Waals surface area contributed by atoms with Crippen molar-refractivity contribution in [2.24, 2.45) is 18.9 Å². The summed E-state index contributed by atoms with van der Waals surface area (Å²) in [5.41, 5.74) is 4.44. The second-order valence-electron chi connectivity index (χ2n) is 7.09. The van der Waals surface area contributed by atoms with Gasteiger partial charge in [0.1, 0.15) is 5.69 Å². The van der Waals surface area contributed by atoms with Gasteiger partial charge >= 0.3 is 5.97 Å². The number of allylic oxidation sites excluding steroid dienone is 2. The fraction of sp³-hybridized carbons (Fsp3) is 0.350. The number of hydrogen-bond donors (Lipinski definition) is 2. The molecule has 2 atom stereocenters. The topological polar surface area (TPSA) is 84.2 Å². The van der Waals surface area contributed by atoms with E-state index < -0.39 is 17.8 Å². The SMILES string of the molecule is CC1=C(C)C[C@H](C(=O)Nc2cccc(-c3nn(C)cc3Br)c2)[C@@H](C(=O)O)C1. The van der Waals surface area contributed by atoms with Gasteiger partial charge in [0.25, 0.3) is 0 Å². The van der Waals surface area contributed by atoms with E-state index in [1.165, 1.54) is 0 Å². The van der Waals surface area contributed by atoms with Crippen molar-refractivity contribution in [1.82, 2.24) is 9.78 Å². The number of halogens is 1. The smallest absolute Gasteiger partial charge is 0.307 e. The highest BCUT2D eigenvalue weighted by Gasteiger charge is 2.37. The second-order valence-corrected chi connectivity index (χ2v) is 7.94. The molecular formula is C20H22BrN3O3. The number of carboxylic acid groups (broad SMARTS) is 1. The summed E-state index contributed by atoms with van der Waals surface area (Å²) in [5.74, 6) is -2.45. The number of rotatable bonds is 4. The minimum Gasteiger partial charge on any atom is -0.481 e. The molecule has 142 valence electrons. The Bertz CT molecular complexity index is 932. The van der Waals surface area contributed by atoms with Crippen molar-refractivity contribution < 1.29 is 14.7 Å². The van der Waals surface area contributed by atoms with Crippen LogP contribution in [0, 0.1) is 11.8 Å². The van der Waals surface area contributed by atoms with E-state index in [0.29, 0.717) is 18.5 Å². The van der Waals surface area contributed by atoms with Crippen molar-refractivity contribution in [3.8, 4) is 11.3 Å². The lowest BCUT2D eigenvalue weighted by atomic mass is 9.76. The van der Waals surface area contributed by atoms with Crippen LogP contribution in [0.15, 0.2) is 46.1 Å². The molecule has 0 bridgehead atoms. The first kappa shape index (κ1) is 19.4. The molecule has 1 amide bonds. The zero-order valence-corrected chi connectivity index (χ0v) is 17.1. The Balaban J connectivity index is 1.83. The van der Waals surface area contributed by atoms with Gasteiger partial charge in [0.15, 0.2) is 0 Å². The quantitative estimate of drug-likeness (QED) is 0.709. The van der Waals surface area contributed by atoms with E-state index in [2.05, 4.69) is 26.3 Å². The van der Waals surface area contributed by atoms with E-state index in [9.17, 15) is 14.7 Å². The standard InChI is InChI=1S/C20H22BrN3O3/c1-11-7-15(16(20(26)27)8-12(11)2)19(25)22-14-6-4-5-13(9-14)18-17(21)10-24(3)23-18/h4-6,9-10,15-16H,7-8H2,1-3H3,(H,22,25)(H,26,27)/t15-,16-/m0/s1. The number of aromatic nitrogens is 2. The summed E-state index contributed by atoms with van der Waals surface area (Å²) in [6.07, 6.45) is 2.75. The van der Waals surface area contributed by atoms with Crippen LogP contribution < -0.4 is 5.32 Å². The summed E-state index contributed by atoms with van der Waals surface area (Å²) < 4.78 is 2.57. The van der Waals surface area contributed by atoms with Gasteiger partial charge in [-0.05, 0) is 54.8 Å². The molecule has 0 radical (unpaired) electrons. The fourth-order valence-electron chi connectivity index (χ4n) is 3.46. The first-order chi connectivity index (χ1) is 12.8. The summed E-state index contributed by atoms with van der Waals surface area (Å²) >= 11 is 3.49. The van der Waals surface area contributed by atoms with Gasteiger partial charge in [-0.15, -0.1) is 0 Å². The van der Waals surface area contributed by atoms with Crippen LogP contribution in [0.5, 0.6) is 0 Å². The molecule has 0 fully saturated rings. The molecule has 1 aromatic carbocycles. The van der Waals surface area contributed by atoms with E-state index in [1.807, 2.05) is 45.3 Å². The monoisotopic (exact) mass is 431 g/mol. The highest BCUT2D eigenvalue weighted by molar-refractivity contribution is 9.10. The molecule has 1 heterocycles. The van der Waals surface area contributed by atoms with Crippen LogP contribution in [-0.2, 0) is 16.6 Å². The second kappa shape index (κ2) is 7.68. The Hall–Kier alpha value is -2.41. The predicted octanol–water partition coefficient (Wildman–Crippen LogP) is 4.24.